The average Bonchev–Trinajstić information content (AvgIpc) is 2.46. The van der Waals surface area contributed by atoms with Crippen LogP contribution in [0.15, 0.2) is 36.4 Å². The summed E-state index contributed by atoms with van der Waals surface area (Å²) in [5, 5.41) is 10.7. The lowest BCUT2D eigenvalue weighted by atomic mass is 10.2. The molecule has 0 bridgehead atoms. The Morgan fingerprint density at radius 1 is 1.19 bits per heavy atom. The maximum atomic E-state index is 13.9. The Hall–Kier alpha value is -2.21. The van der Waals surface area contributed by atoms with E-state index in [2.05, 4.69) is 0 Å². The number of rotatable bonds is 5. The number of nitro groups is 1. The van der Waals surface area contributed by atoms with Crippen molar-refractivity contribution in [3.63, 3.8) is 0 Å². The molecule has 0 aliphatic carbocycles. The Morgan fingerprint density at radius 2 is 1.95 bits per heavy atom. The van der Waals surface area contributed by atoms with Gasteiger partial charge in [-0.3, -0.25) is 10.1 Å². The van der Waals surface area contributed by atoms with Crippen molar-refractivity contribution in [3.05, 3.63) is 69.3 Å². The summed E-state index contributed by atoms with van der Waals surface area (Å²) in [5.41, 5.74) is -0.163. The van der Waals surface area contributed by atoms with Gasteiger partial charge in [0.2, 0.25) is 5.82 Å². The molecule has 0 spiro atoms. The molecule has 0 unspecified atom stereocenters. The second-order valence-electron chi connectivity index (χ2n) is 4.18. The second kappa shape index (κ2) is 6.49. The Balaban J connectivity index is 2.21. The Kier molecular flexibility index (Phi) is 4.70. The lowest BCUT2D eigenvalue weighted by molar-refractivity contribution is -0.387. The quantitative estimate of drug-likeness (QED) is 0.472. The highest BCUT2D eigenvalue weighted by Crippen LogP contribution is 2.25. The maximum Gasteiger partial charge on any atom is 0.305 e. The van der Waals surface area contributed by atoms with Gasteiger partial charge in [0.15, 0.2) is 0 Å². The fourth-order valence-corrected chi connectivity index (χ4v) is 1.98. The smallest absolute Gasteiger partial charge is 0.305 e. The molecule has 0 N–H and O–H groups in total. The van der Waals surface area contributed by atoms with Crippen LogP contribution >= 0.6 is 11.6 Å². The van der Waals surface area contributed by atoms with E-state index in [0.29, 0.717) is 11.3 Å². The summed E-state index contributed by atoms with van der Waals surface area (Å²) >= 11 is 5.67. The lowest BCUT2D eigenvalue weighted by Gasteiger charge is -2.10. The summed E-state index contributed by atoms with van der Waals surface area (Å²) in [6.45, 7) is -0.219. The van der Waals surface area contributed by atoms with E-state index in [-0.39, 0.29) is 18.1 Å². The van der Waals surface area contributed by atoms with Gasteiger partial charge < -0.3 is 4.74 Å². The van der Waals surface area contributed by atoms with E-state index in [4.69, 9.17) is 16.3 Å². The number of hydrogen-bond acceptors (Lipinski definition) is 3. The van der Waals surface area contributed by atoms with Gasteiger partial charge in [0.25, 0.3) is 0 Å². The highest BCUT2D eigenvalue weighted by Gasteiger charge is 2.17. The molecule has 0 saturated carbocycles. The van der Waals surface area contributed by atoms with Crippen LogP contribution in [-0.2, 0) is 12.5 Å². The molecule has 0 aliphatic rings. The van der Waals surface area contributed by atoms with Crippen molar-refractivity contribution >= 4 is 17.3 Å². The molecule has 0 aliphatic heterocycles. The molecule has 21 heavy (non-hydrogen) atoms. The first-order valence-electron chi connectivity index (χ1n) is 5.92. The SMILES string of the molecule is O=[N+]([O-])c1cccc(COc2ccc(F)cc2CCl)c1F. The molecular formula is C14H10ClF2NO3. The lowest BCUT2D eigenvalue weighted by Crippen LogP contribution is -2.03. The van der Waals surface area contributed by atoms with Crippen LogP contribution < -0.4 is 4.74 Å². The fourth-order valence-electron chi connectivity index (χ4n) is 1.77. The summed E-state index contributed by atoms with van der Waals surface area (Å²) in [7, 11) is 0. The molecule has 2 aromatic rings. The van der Waals surface area contributed by atoms with Crippen LogP contribution in [-0.4, -0.2) is 4.92 Å². The summed E-state index contributed by atoms with van der Waals surface area (Å²) in [6, 6.07) is 7.60. The van der Waals surface area contributed by atoms with Crippen molar-refractivity contribution in [2.45, 2.75) is 12.5 Å². The minimum atomic E-state index is -0.947. The van der Waals surface area contributed by atoms with E-state index in [1.165, 1.54) is 30.3 Å². The topological polar surface area (TPSA) is 52.4 Å². The van der Waals surface area contributed by atoms with Crippen LogP contribution in [0.25, 0.3) is 0 Å². The number of hydrogen-bond donors (Lipinski definition) is 0. The molecule has 2 rings (SSSR count). The van der Waals surface area contributed by atoms with Gasteiger partial charge in [0, 0.05) is 17.2 Å². The number of ether oxygens (including phenoxy) is 1. The van der Waals surface area contributed by atoms with Crippen molar-refractivity contribution in [2.24, 2.45) is 0 Å². The molecule has 0 aromatic heterocycles. The monoisotopic (exact) mass is 313 g/mol. The molecule has 0 fully saturated rings. The second-order valence-corrected chi connectivity index (χ2v) is 4.45. The minimum Gasteiger partial charge on any atom is -0.488 e. The molecule has 0 atom stereocenters. The van der Waals surface area contributed by atoms with E-state index < -0.39 is 22.2 Å². The fraction of sp³-hybridized carbons (Fsp3) is 0.143. The molecule has 110 valence electrons. The number of benzene rings is 2. The zero-order valence-electron chi connectivity index (χ0n) is 10.7. The molecule has 0 amide bonds. The van der Waals surface area contributed by atoms with Crippen LogP contribution in [0, 0.1) is 21.7 Å². The van der Waals surface area contributed by atoms with Crippen LogP contribution in [0.1, 0.15) is 11.1 Å². The van der Waals surface area contributed by atoms with Crippen LogP contribution in [0.2, 0.25) is 0 Å². The predicted molar refractivity (Wildman–Crippen MR) is 73.3 cm³/mol. The summed E-state index contributed by atoms with van der Waals surface area (Å²) in [5.74, 6) is -1.07. The number of halogens is 3. The van der Waals surface area contributed by atoms with Crippen molar-refractivity contribution < 1.29 is 18.4 Å². The zero-order chi connectivity index (χ0) is 15.4. The third-order valence-electron chi connectivity index (χ3n) is 2.80. The number of alkyl halides is 1. The molecule has 0 heterocycles. The third kappa shape index (κ3) is 3.46. The van der Waals surface area contributed by atoms with E-state index in [1.54, 1.807) is 0 Å². The summed E-state index contributed by atoms with van der Waals surface area (Å²) in [6.07, 6.45) is 0. The largest absolute Gasteiger partial charge is 0.488 e. The van der Waals surface area contributed by atoms with Crippen LogP contribution in [0.5, 0.6) is 5.75 Å². The number of nitro benzene ring substituents is 1. The van der Waals surface area contributed by atoms with Crippen molar-refractivity contribution in [1.82, 2.24) is 0 Å². The maximum absolute atomic E-state index is 13.9. The highest BCUT2D eigenvalue weighted by molar-refractivity contribution is 6.17. The molecule has 2 aromatic carbocycles. The van der Waals surface area contributed by atoms with E-state index in [0.717, 1.165) is 6.07 Å². The van der Waals surface area contributed by atoms with Crippen LogP contribution in [0.4, 0.5) is 14.5 Å². The Labute approximate surface area is 124 Å². The summed E-state index contributed by atoms with van der Waals surface area (Å²) < 4.78 is 32.3. The van der Waals surface area contributed by atoms with Gasteiger partial charge in [-0.2, -0.15) is 4.39 Å². The highest BCUT2D eigenvalue weighted by atomic mass is 35.5. The zero-order valence-corrected chi connectivity index (χ0v) is 11.4. The first-order chi connectivity index (χ1) is 10.0. The van der Waals surface area contributed by atoms with E-state index in [9.17, 15) is 18.9 Å². The molecular weight excluding hydrogens is 304 g/mol. The van der Waals surface area contributed by atoms with Crippen molar-refractivity contribution in [3.8, 4) is 5.75 Å². The third-order valence-corrected chi connectivity index (χ3v) is 3.09. The minimum absolute atomic E-state index is 0.0323. The standard InChI is InChI=1S/C14H10ClF2NO3/c15-7-10-6-11(16)4-5-13(10)21-8-9-2-1-3-12(14(9)17)18(19)20/h1-6H,7-8H2. The molecule has 7 heteroatoms. The van der Waals surface area contributed by atoms with Crippen molar-refractivity contribution in [1.29, 1.82) is 0 Å². The van der Waals surface area contributed by atoms with E-state index >= 15 is 0 Å². The van der Waals surface area contributed by atoms with Gasteiger partial charge in [-0.05, 0) is 18.2 Å². The molecule has 0 saturated heterocycles. The van der Waals surface area contributed by atoms with Crippen LogP contribution in [0.3, 0.4) is 0 Å². The number of nitrogens with zero attached hydrogens (tertiary/aromatic N) is 1. The van der Waals surface area contributed by atoms with Gasteiger partial charge in [0.1, 0.15) is 18.2 Å². The van der Waals surface area contributed by atoms with Gasteiger partial charge in [0.05, 0.1) is 10.8 Å². The van der Waals surface area contributed by atoms with Gasteiger partial charge in [-0.1, -0.05) is 12.1 Å². The summed E-state index contributed by atoms with van der Waals surface area (Å²) in [4.78, 5) is 9.85. The average molecular weight is 314 g/mol. The Bertz CT molecular complexity index is 679. The normalized spacial score (nSPS) is 10.4. The molecule has 4 nitrogen and oxygen atoms in total. The first kappa shape index (κ1) is 15.2. The Morgan fingerprint density at radius 3 is 2.62 bits per heavy atom. The molecule has 0 radical (unpaired) electrons. The van der Waals surface area contributed by atoms with Gasteiger partial charge >= 0.3 is 5.69 Å². The predicted octanol–water partition coefficient (Wildman–Crippen LogP) is 4.19. The van der Waals surface area contributed by atoms with Gasteiger partial charge in [-0.25, -0.2) is 4.39 Å². The van der Waals surface area contributed by atoms with Gasteiger partial charge in [-0.15, -0.1) is 11.6 Å². The van der Waals surface area contributed by atoms with E-state index in [1.807, 2.05) is 0 Å². The first-order valence-corrected chi connectivity index (χ1v) is 6.45. The van der Waals surface area contributed by atoms with Crippen molar-refractivity contribution in [2.75, 3.05) is 0 Å².